The molecular formula is C19H25IN2O3. The van der Waals surface area contributed by atoms with E-state index in [0.717, 1.165) is 10.9 Å². The highest BCUT2D eigenvalue weighted by molar-refractivity contribution is 5.98. The van der Waals surface area contributed by atoms with E-state index in [1.807, 2.05) is 55.8 Å². The van der Waals surface area contributed by atoms with E-state index in [1.54, 1.807) is 13.1 Å². The summed E-state index contributed by atoms with van der Waals surface area (Å²) in [5.41, 5.74) is 1.56. The quantitative estimate of drug-likeness (QED) is 0.358. The fourth-order valence-corrected chi connectivity index (χ4v) is 2.71. The van der Waals surface area contributed by atoms with Crippen LogP contribution in [-0.4, -0.2) is 24.5 Å². The van der Waals surface area contributed by atoms with Crippen LogP contribution >= 0.6 is 0 Å². The minimum Gasteiger partial charge on any atom is -1.00 e. The second-order valence-electron chi connectivity index (χ2n) is 6.31. The number of nitrogens with zero attached hydrogens (tertiary/aromatic N) is 1. The summed E-state index contributed by atoms with van der Waals surface area (Å²) in [6.07, 6.45) is 2.32. The molecule has 0 saturated heterocycles. The molecule has 1 aromatic heterocycles. The summed E-state index contributed by atoms with van der Waals surface area (Å²) >= 11 is 0. The van der Waals surface area contributed by atoms with Crippen molar-refractivity contribution >= 4 is 22.8 Å². The van der Waals surface area contributed by atoms with Crippen molar-refractivity contribution in [3.05, 3.63) is 42.1 Å². The molecule has 1 aromatic carbocycles. The van der Waals surface area contributed by atoms with Crippen LogP contribution in [0.25, 0.3) is 10.9 Å². The first-order valence-electron chi connectivity index (χ1n) is 8.28. The number of nitrogens with one attached hydrogen (secondary N) is 1. The summed E-state index contributed by atoms with van der Waals surface area (Å²) in [4.78, 5) is 24.7. The minimum absolute atomic E-state index is 0. The third-order valence-electron chi connectivity index (χ3n) is 3.81. The summed E-state index contributed by atoms with van der Waals surface area (Å²) in [5, 5.41) is 3.79. The van der Waals surface area contributed by atoms with E-state index >= 15 is 0 Å². The molecule has 0 aliphatic rings. The van der Waals surface area contributed by atoms with E-state index in [1.165, 1.54) is 0 Å². The smallest absolute Gasteiger partial charge is 0.328 e. The maximum atomic E-state index is 12.6. The number of para-hydroxylation sites is 1. The number of pyridine rings is 1. The molecule has 0 fully saturated rings. The third kappa shape index (κ3) is 5.66. The second-order valence-corrected chi connectivity index (χ2v) is 6.31. The van der Waals surface area contributed by atoms with Gasteiger partial charge in [0.2, 0.25) is 5.52 Å². The van der Waals surface area contributed by atoms with Gasteiger partial charge < -0.3 is 34.0 Å². The van der Waals surface area contributed by atoms with Crippen LogP contribution in [0.1, 0.15) is 37.6 Å². The van der Waals surface area contributed by atoms with Gasteiger partial charge in [-0.25, -0.2) is 9.36 Å². The zero-order valence-electron chi connectivity index (χ0n) is 15.1. The second kappa shape index (κ2) is 9.70. The first kappa shape index (κ1) is 21.3. The number of esters is 1. The van der Waals surface area contributed by atoms with Crippen LogP contribution in [0.3, 0.4) is 0 Å². The predicted molar refractivity (Wildman–Crippen MR) is 92.5 cm³/mol. The summed E-state index contributed by atoms with van der Waals surface area (Å²) in [7, 11) is 1.90. The van der Waals surface area contributed by atoms with Crippen molar-refractivity contribution < 1.29 is 42.9 Å². The summed E-state index contributed by atoms with van der Waals surface area (Å²) in [6.45, 7) is 6.08. The van der Waals surface area contributed by atoms with Gasteiger partial charge in [0.05, 0.1) is 6.61 Å². The average Bonchev–Trinajstić information content (AvgIpc) is 2.54. The lowest BCUT2D eigenvalue weighted by Gasteiger charge is -2.18. The van der Waals surface area contributed by atoms with Crippen LogP contribution in [0.5, 0.6) is 0 Å². The summed E-state index contributed by atoms with van der Waals surface area (Å²) in [6, 6.07) is 9.06. The normalized spacial score (nSPS) is 11.7. The standard InChI is InChI=1S/C19H24N2O3.HI/c1-5-24-19(23)16(10-13(2)3)20-18(22)15-11-14-8-6-7-9-17(14)21(4)12-15;/h6-9,11-13,16H,5,10H2,1-4H3;1H. The Hall–Kier alpha value is -1.70. The van der Waals surface area contributed by atoms with E-state index in [4.69, 9.17) is 4.74 Å². The molecule has 1 N–H and O–H groups in total. The number of aryl methyl sites for hydroxylation is 1. The lowest BCUT2D eigenvalue weighted by molar-refractivity contribution is -0.645. The Balaban J connectivity index is 0.00000312. The van der Waals surface area contributed by atoms with Crippen LogP contribution in [0.15, 0.2) is 36.5 Å². The van der Waals surface area contributed by atoms with Gasteiger partial charge in [-0.1, -0.05) is 26.0 Å². The zero-order chi connectivity index (χ0) is 17.7. The highest BCUT2D eigenvalue weighted by Crippen LogP contribution is 2.12. The number of rotatable bonds is 6. The van der Waals surface area contributed by atoms with Crippen LogP contribution in [0.2, 0.25) is 0 Å². The minimum atomic E-state index is -0.630. The van der Waals surface area contributed by atoms with Crippen molar-refractivity contribution in [2.24, 2.45) is 13.0 Å². The Morgan fingerprint density at radius 2 is 1.92 bits per heavy atom. The first-order valence-corrected chi connectivity index (χ1v) is 8.28. The number of benzene rings is 1. The molecule has 2 rings (SSSR count). The Labute approximate surface area is 165 Å². The van der Waals surface area contributed by atoms with Crippen molar-refractivity contribution in [1.29, 1.82) is 0 Å². The molecule has 25 heavy (non-hydrogen) atoms. The van der Waals surface area contributed by atoms with Crippen molar-refractivity contribution in [1.82, 2.24) is 5.32 Å². The summed E-state index contributed by atoms with van der Waals surface area (Å²) in [5.74, 6) is -0.382. The first-order chi connectivity index (χ1) is 11.4. The van der Waals surface area contributed by atoms with Gasteiger partial charge in [-0.3, -0.25) is 4.79 Å². The van der Waals surface area contributed by atoms with E-state index in [0.29, 0.717) is 18.6 Å². The predicted octanol–water partition coefficient (Wildman–Crippen LogP) is -0.624. The number of fused-ring (bicyclic) bond motifs is 1. The topological polar surface area (TPSA) is 59.3 Å². The number of amides is 1. The molecule has 0 bridgehead atoms. The van der Waals surface area contributed by atoms with Gasteiger partial charge in [-0.2, -0.15) is 0 Å². The van der Waals surface area contributed by atoms with Crippen LogP contribution in [-0.2, 0) is 16.6 Å². The van der Waals surface area contributed by atoms with E-state index in [9.17, 15) is 9.59 Å². The van der Waals surface area contributed by atoms with Crippen LogP contribution < -0.4 is 33.9 Å². The molecular weight excluding hydrogens is 431 g/mol. The SMILES string of the molecule is CCOC(=O)C(CC(C)C)NC(=O)c1cc2ccccc2[n+](C)c1.[I-]. The van der Waals surface area contributed by atoms with E-state index in [-0.39, 0.29) is 41.8 Å². The zero-order valence-corrected chi connectivity index (χ0v) is 17.2. The van der Waals surface area contributed by atoms with E-state index in [2.05, 4.69) is 5.32 Å². The molecule has 6 heteroatoms. The third-order valence-corrected chi connectivity index (χ3v) is 3.81. The molecule has 0 saturated carbocycles. The summed E-state index contributed by atoms with van der Waals surface area (Å²) < 4.78 is 6.99. The molecule has 0 spiro atoms. The molecule has 0 aliphatic carbocycles. The van der Waals surface area contributed by atoms with Crippen LogP contribution in [0, 0.1) is 5.92 Å². The molecule has 1 heterocycles. The number of halogens is 1. The molecule has 5 nitrogen and oxygen atoms in total. The number of hydrogen-bond acceptors (Lipinski definition) is 3. The van der Waals surface area contributed by atoms with E-state index < -0.39 is 6.04 Å². The number of ether oxygens (including phenoxy) is 1. The highest BCUT2D eigenvalue weighted by atomic mass is 127. The Bertz CT molecular complexity index is 747. The molecule has 1 atom stereocenters. The molecule has 2 aromatic rings. The van der Waals surface area contributed by atoms with Crippen LogP contribution in [0.4, 0.5) is 0 Å². The number of aromatic nitrogens is 1. The number of carbonyl (C=O) groups excluding carboxylic acids is 2. The van der Waals surface area contributed by atoms with Gasteiger partial charge in [-0.15, -0.1) is 0 Å². The highest BCUT2D eigenvalue weighted by Gasteiger charge is 2.25. The Morgan fingerprint density at radius 1 is 1.24 bits per heavy atom. The molecule has 1 amide bonds. The van der Waals surface area contributed by atoms with Gasteiger partial charge in [0.15, 0.2) is 6.20 Å². The van der Waals surface area contributed by atoms with Gasteiger partial charge >= 0.3 is 5.97 Å². The maximum Gasteiger partial charge on any atom is 0.328 e. The molecule has 0 radical (unpaired) electrons. The monoisotopic (exact) mass is 456 g/mol. The fraction of sp³-hybridized carbons (Fsp3) is 0.421. The van der Waals surface area contributed by atoms with Gasteiger partial charge in [-0.05, 0) is 31.4 Å². The number of hydrogen-bond donors (Lipinski definition) is 1. The molecule has 0 aliphatic heterocycles. The van der Waals surface area contributed by atoms with Crippen molar-refractivity contribution in [2.75, 3.05) is 6.61 Å². The lowest BCUT2D eigenvalue weighted by atomic mass is 10.0. The largest absolute Gasteiger partial charge is 1.00 e. The van der Waals surface area contributed by atoms with Crippen molar-refractivity contribution in [2.45, 2.75) is 33.2 Å². The Kier molecular flexibility index (Phi) is 8.28. The lowest BCUT2D eigenvalue weighted by Crippen LogP contribution is -3.00. The maximum absolute atomic E-state index is 12.6. The average molecular weight is 456 g/mol. The number of carbonyl (C=O) groups is 2. The van der Waals surface area contributed by atoms with Crippen molar-refractivity contribution in [3.8, 4) is 0 Å². The van der Waals surface area contributed by atoms with Gasteiger partial charge in [0, 0.05) is 11.5 Å². The van der Waals surface area contributed by atoms with Crippen molar-refractivity contribution in [3.63, 3.8) is 0 Å². The molecule has 136 valence electrons. The fourth-order valence-electron chi connectivity index (χ4n) is 2.71. The molecule has 1 unspecified atom stereocenters. The van der Waals surface area contributed by atoms with Gasteiger partial charge in [0.25, 0.3) is 5.91 Å². The Morgan fingerprint density at radius 3 is 2.56 bits per heavy atom. The van der Waals surface area contributed by atoms with Gasteiger partial charge in [0.1, 0.15) is 18.7 Å².